The summed E-state index contributed by atoms with van der Waals surface area (Å²) in [6.07, 6.45) is 0. The molecule has 0 aromatic carbocycles. The molecule has 0 aromatic rings. The van der Waals surface area contributed by atoms with E-state index in [-0.39, 0.29) is 17.9 Å². The number of methoxy groups -OCH3 is 1. The maximum absolute atomic E-state index is 12.4. The Kier molecular flexibility index (Phi) is 5.56. The minimum atomic E-state index is -0.906. The van der Waals surface area contributed by atoms with E-state index >= 15 is 0 Å². The minimum Gasteiger partial charge on any atom is -0.427 e. The van der Waals surface area contributed by atoms with E-state index in [2.05, 4.69) is 0 Å². The summed E-state index contributed by atoms with van der Waals surface area (Å²) in [7, 11) is 1.49. The number of amides is 1. The van der Waals surface area contributed by atoms with Gasteiger partial charge in [0.25, 0.3) is 0 Å². The molecule has 0 aliphatic carbocycles. The smallest absolute Gasteiger partial charge is 0.336 e. The topological polar surface area (TPSA) is 108 Å². The second-order valence-electron chi connectivity index (χ2n) is 6.59. The van der Waals surface area contributed by atoms with Crippen molar-refractivity contribution in [1.29, 1.82) is 0 Å². The highest BCUT2D eigenvalue weighted by atomic mass is 32.2. The quantitative estimate of drug-likeness (QED) is 0.422. The molecule has 0 aromatic heterocycles. The fraction of sp³-hybridized carbons (Fsp3) is 0.667. The first-order valence-electron chi connectivity index (χ1n) is 7.43. The van der Waals surface area contributed by atoms with Crippen LogP contribution in [0.1, 0.15) is 20.8 Å². The van der Waals surface area contributed by atoms with Crippen LogP contribution in [0.5, 0.6) is 0 Å². The molecule has 2 aliphatic rings. The van der Waals surface area contributed by atoms with Gasteiger partial charge in [0.05, 0.1) is 12.0 Å². The molecular weight excluding hydrogens is 336 g/mol. The van der Waals surface area contributed by atoms with Gasteiger partial charge in [0, 0.05) is 7.11 Å². The maximum Gasteiger partial charge on any atom is 0.336 e. The first kappa shape index (κ1) is 18.8. The summed E-state index contributed by atoms with van der Waals surface area (Å²) in [5.41, 5.74) is 5.66. The van der Waals surface area contributed by atoms with Crippen molar-refractivity contribution in [3.05, 3.63) is 11.0 Å². The number of ether oxygens (including phenoxy) is 3. The number of hydrogen-bond acceptors (Lipinski definition) is 8. The van der Waals surface area contributed by atoms with Crippen LogP contribution in [0.15, 0.2) is 11.0 Å². The molecule has 0 spiro atoms. The van der Waals surface area contributed by atoms with Gasteiger partial charge in [-0.25, -0.2) is 4.79 Å². The zero-order chi connectivity index (χ0) is 18.1. The Labute approximate surface area is 144 Å². The highest BCUT2D eigenvalue weighted by Crippen LogP contribution is 2.39. The number of esters is 2. The van der Waals surface area contributed by atoms with E-state index in [0.717, 1.165) is 0 Å². The molecule has 0 radical (unpaired) electrons. The second-order valence-corrected chi connectivity index (χ2v) is 7.58. The summed E-state index contributed by atoms with van der Waals surface area (Å²) in [5, 5.41) is 1.47. The largest absolute Gasteiger partial charge is 0.427 e. The predicted octanol–water partition coefficient (Wildman–Crippen LogP) is 0.218. The lowest BCUT2D eigenvalue weighted by atomic mass is 9.98. The van der Waals surface area contributed by atoms with Crippen LogP contribution in [-0.4, -0.2) is 60.7 Å². The molecule has 8 nitrogen and oxygen atoms in total. The van der Waals surface area contributed by atoms with Crippen LogP contribution in [0.25, 0.3) is 0 Å². The van der Waals surface area contributed by atoms with E-state index in [1.54, 1.807) is 26.2 Å². The highest BCUT2D eigenvalue weighted by molar-refractivity contribution is 8.02. The van der Waals surface area contributed by atoms with Gasteiger partial charge < -0.3 is 24.8 Å². The minimum absolute atomic E-state index is 0.181. The average molecular weight is 358 g/mol. The van der Waals surface area contributed by atoms with Gasteiger partial charge in [-0.05, 0) is 31.8 Å². The van der Waals surface area contributed by atoms with Crippen LogP contribution in [0.4, 0.5) is 0 Å². The van der Waals surface area contributed by atoms with Crippen molar-refractivity contribution >= 4 is 29.6 Å². The van der Waals surface area contributed by atoms with E-state index in [9.17, 15) is 14.4 Å². The Morgan fingerprint density at radius 3 is 2.58 bits per heavy atom. The van der Waals surface area contributed by atoms with Crippen LogP contribution in [0.3, 0.4) is 0 Å². The van der Waals surface area contributed by atoms with Gasteiger partial charge in [-0.15, -0.1) is 11.8 Å². The van der Waals surface area contributed by atoms with Crippen LogP contribution >= 0.6 is 11.8 Å². The molecule has 3 atom stereocenters. The normalized spacial score (nSPS) is 26.2. The number of rotatable bonds is 5. The fourth-order valence-electron chi connectivity index (χ4n) is 2.32. The molecule has 1 amide bonds. The number of fused-ring (bicyclic) bond motifs is 1. The monoisotopic (exact) mass is 358 g/mol. The molecule has 2 N–H and O–H groups in total. The van der Waals surface area contributed by atoms with Gasteiger partial charge in [-0.1, -0.05) is 0 Å². The molecule has 134 valence electrons. The molecule has 1 fully saturated rings. The van der Waals surface area contributed by atoms with Crippen LogP contribution in [0, 0.1) is 5.41 Å². The molecule has 2 rings (SSSR count). The lowest BCUT2D eigenvalue weighted by Gasteiger charge is -2.50. The Morgan fingerprint density at radius 1 is 1.33 bits per heavy atom. The van der Waals surface area contributed by atoms with Crippen molar-refractivity contribution in [1.82, 2.24) is 4.90 Å². The first-order chi connectivity index (χ1) is 11.2. The third kappa shape index (κ3) is 3.57. The fourth-order valence-corrected chi connectivity index (χ4v) is 3.47. The third-order valence-corrected chi connectivity index (χ3v) is 4.89. The number of carbonyl (C=O) groups is 3. The van der Waals surface area contributed by atoms with Gasteiger partial charge >= 0.3 is 11.9 Å². The lowest BCUT2D eigenvalue weighted by Crippen LogP contribution is -2.72. The molecule has 24 heavy (non-hydrogen) atoms. The summed E-state index contributed by atoms with van der Waals surface area (Å²) in [6, 6.07) is -1.54. The van der Waals surface area contributed by atoms with Crippen molar-refractivity contribution < 1.29 is 28.6 Å². The molecule has 0 bridgehead atoms. The lowest BCUT2D eigenvalue weighted by molar-refractivity contribution is -0.179. The molecule has 9 heteroatoms. The maximum atomic E-state index is 12.4. The summed E-state index contributed by atoms with van der Waals surface area (Å²) >= 11 is 1.37. The molecule has 2 heterocycles. The second kappa shape index (κ2) is 7.12. The van der Waals surface area contributed by atoms with Gasteiger partial charge in [0.1, 0.15) is 11.4 Å². The van der Waals surface area contributed by atoms with Crippen molar-refractivity contribution in [3.8, 4) is 0 Å². The number of β-lactam (4-membered cyclic amide) rings is 1. The summed E-state index contributed by atoms with van der Waals surface area (Å²) in [4.78, 5) is 37.5. The van der Waals surface area contributed by atoms with Gasteiger partial charge in [0.2, 0.25) is 12.7 Å². The van der Waals surface area contributed by atoms with Crippen LogP contribution in [0.2, 0.25) is 0 Å². The van der Waals surface area contributed by atoms with Crippen molar-refractivity contribution in [2.75, 3.05) is 20.5 Å². The number of nitrogens with two attached hydrogens (primary N) is 1. The van der Waals surface area contributed by atoms with Crippen LogP contribution in [-0.2, 0) is 28.6 Å². The van der Waals surface area contributed by atoms with E-state index in [1.807, 2.05) is 0 Å². The summed E-state index contributed by atoms with van der Waals surface area (Å²) < 4.78 is 15.0. The summed E-state index contributed by atoms with van der Waals surface area (Å²) in [6.45, 7) is 4.76. The zero-order valence-corrected chi connectivity index (χ0v) is 14.9. The van der Waals surface area contributed by atoms with E-state index in [4.69, 9.17) is 19.9 Å². The highest BCUT2D eigenvalue weighted by Gasteiger charge is 2.54. The predicted molar refractivity (Wildman–Crippen MR) is 86.5 cm³/mol. The van der Waals surface area contributed by atoms with Gasteiger partial charge in [-0.2, -0.15) is 0 Å². The van der Waals surface area contributed by atoms with Crippen LogP contribution < -0.4 is 5.73 Å². The Hall–Kier alpha value is -1.58. The molecule has 0 saturated carbocycles. The Balaban J connectivity index is 2.02. The SMILES string of the molecule is COCC1=CS[C@@H]2[C@H](N)C(=O)N2C1C(=O)OCOC(=O)C(C)(C)C. The van der Waals surface area contributed by atoms with Crippen molar-refractivity contribution in [3.63, 3.8) is 0 Å². The number of nitrogens with zero attached hydrogens (tertiary/aromatic N) is 1. The Morgan fingerprint density at radius 2 is 2.00 bits per heavy atom. The number of carbonyl (C=O) groups excluding carboxylic acids is 3. The Bertz CT molecular complexity index is 571. The van der Waals surface area contributed by atoms with E-state index < -0.39 is 36.2 Å². The number of hydrogen-bond donors (Lipinski definition) is 1. The molecular formula is C15H22N2O6S. The molecule has 2 aliphatic heterocycles. The van der Waals surface area contributed by atoms with E-state index in [1.165, 1.54) is 23.8 Å². The van der Waals surface area contributed by atoms with Gasteiger partial charge in [-0.3, -0.25) is 9.59 Å². The van der Waals surface area contributed by atoms with Crippen molar-refractivity contribution in [2.24, 2.45) is 11.1 Å². The molecule has 1 saturated heterocycles. The van der Waals surface area contributed by atoms with E-state index in [0.29, 0.717) is 5.57 Å². The average Bonchev–Trinajstić information content (AvgIpc) is 2.52. The first-order valence-corrected chi connectivity index (χ1v) is 8.37. The molecule has 1 unspecified atom stereocenters. The zero-order valence-electron chi connectivity index (χ0n) is 14.1. The summed E-state index contributed by atoms with van der Waals surface area (Å²) in [5.74, 6) is -1.48. The van der Waals surface area contributed by atoms with Crippen molar-refractivity contribution in [2.45, 2.75) is 38.2 Å². The standard InChI is InChI=1S/C15H22N2O6S/c1-15(2,3)14(20)23-7-22-13(19)10-8(5-21-4)6-24-12-9(16)11(18)17(10)12/h6,9-10,12H,5,7,16H2,1-4H3/t9-,10?,12-/m1/s1. The number of thioether (sulfide) groups is 1. The van der Waals surface area contributed by atoms with Gasteiger partial charge in [0.15, 0.2) is 6.04 Å². The third-order valence-electron chi connectivity index (χ3n) is 3.65.